The lowest BCUT2D eigenvalue weighted by Gasteiger charge is -2.07. The van der Waals surface area contributed by atoms with Crippen molar-refractivity contribution in [3.05, 3.63) is 72.8 Å². The number of pyridine rings is 1. The zero-order valence-electron chi connectivity index (χ0n) is 14.4. The van der Waals surface area contributed by atoms with Crippen molar-refractivity contribution < 1.29 is 4.74 Å². The Morgan fingerprint density at radius 2 is 1.69 bits per heavy atom. The first-order valence-electron chi connectivity index (χ1n) is 7.79. The van der Waals surface area contributed by atoms with Gasteiger partial charge in [0, 0.05) is 22.8 Å². The third kappa shape index (κ3) is 3.82. The van der Waals surface area contributed by atoms with Gasteiger partial charge in [0.05, 0.1) is 30.3 Å². The maximum Gasteiger partial charge on any atom is 0.118 e. The molecule has 4 rings (SSSR count). The molecule has 0 aliphatic carbocycles. The highest BCUT2D eigenvalue weighted by molar-refractivity contribution is 5.85. The van der Waals surface area contributed by atoms with E-state index in [4.69, 9.17) is 9.72 Å². The maximum atomic E-state index is 5.20. The summed E-state index contributed by atoms with van der Waals surface area (Å²) in [5.41, 5.74) is 5.09. The zero-order valence-corrected chi connectivity index (χ0v) is 16.1. The van der Waals surface area contributed by atoms with Crippen LogP contribution in [0.3, 0.4) is 0 Å². The molecule has 0 saturated heterocycles. The molecule has 4 aromatic rings. The topological polar surface area (TPSA) is 39.9 Å². The van der Waals surface area contributed by atoms with Crippen LogP contribution in [0.2, 0.25) is 0 Å². The minimum absolute atomic E-state index is 0. The molecule has 0 spiro atoms. The molecular weight excluding hydrogens is 369 g/mol. The predicted octanol–water partition coefficient (Wildman–Crippen LogP) is 5.25. The van der Waals surface area contributed by atoms with Gasteiger partial charge in [0.25, 0.3) is 0 Å². The number of ether oxygens (including phenoxy) is 1. The second kappa shape index (κ2) is 8.21. The van der Waals surface area contributed by atoms with Gasteiger partial charge in [0.2, 0.25) is 0 Å². The van der Waals surface area contributed by atoms with Crippen molar-refractivity contribution in [1.29, 1.82) is 0 Å². The van der Waals surface area contributed by atoms with Gasteiger partial charge in [-0.15, -0.1) is 24.8 Å². The van der Waals surface area contributed by atoms with E-state index in [1.807, 2.05) is 60.4 Å². The Bertz CT molecular complexity index is 1010. The third-order valence-corrected chi connectivity index (χ3v) is 4.07. The van der Waals surface area contributed by atoms with Crippen LogP contribution in [-0.2, 0) is 0 Å². The van der Waals surface area contributed by atoms with E-state index < -0.39 is 0 Å². The fourth-order valence-electron chi connectivity index (χ4n) is 2.76. The summed E-state index contributed by atoms with van der Waals surface area (Å²) >= 11 is 0. The number of aromatic nitrogens is 3. The van der Waals surface area contributed by atoms with Gasteiger partial charge in [-0.05, 0) is 55.5 Å². The molecule has 0 radical (unpaired) electrons. The molecule has 0 saturated carbocycles. The Morgan fingerprint density at radius 3 is 2.35 bits per heavy atom. The van der Waals surface area contributed by atoms with Gasteiger partial charge in [-0.25, -0.2) is 9.97 Å². The first-order chi connectivity index (χ1) is 11.7. The molecule has 0 bridgehead atoms. The molecule has 0 unspecified atom stereocenters. The molecule has 134 valence electrons. The van der Waals surface area contributed by atoms with Crippen molar-refractivity contribution >= 4 is 35.7 Å². The lowest BCUT2D eigenvalue weighted by atomic mass is 10.1. The van der Waals surface area contributed by atoms with Crippen LogP contribution < -0.4 is 4.74 Å². The Kier molecular flexibility index (Phi) is 6.24. The van der Waals surface area contributed by atoms with Crippen molar-refractivity contribution in [1.82, 2.24) is 14.5 Å². The smallest absolute Gasteiger partial charge is 0.118 e. The van der Waals surface area contributed by atoms with Crippen LogP contribution in [0.15, 0.2) is 67.1 Å². The molecule has 26 heavy (non-hydrogen) atoms. The zero-order chi connectivity index (χ0) is 16.5. The molecule has 0 atom stereocenters. The number of imidazole rings is 1. The largest absolute Gasteiger partial charge is 0.497 e. The molecular formula is C20H19Cl2N3O. The number of hydrogen-bond acceptors (Lipinski definition) is 3. The van der Waals surface area contributed by atoms with Crippen molar-refractivity contribution in [3.63, 3.8) is 0 Å². The van der Waals surface area contributed by atoms with E-state index in [2.05, 4.69) is 23.2 Å². The van der Waals surface area contributed by atoms with E-state index in [1.165, 1.54) is 0 Å². The van der Waals surface area contributed by atoms with Crippen LogP contribution in [0.25, 0.3) is 27.8 Å². The number of nitrogens with zero attached hydrogens (tertiary/aromatic N) is 3. The predicted molar refractivity (Wildman–Crippen MR) is 110 cm³/mol. The highest BCUT2D eigenvalue weighted by atomic mass is 35.5. The summed E-state index contributed by atoms with van der Waals surface area (Å²) in [6, 6.07) is 18.3. The lowest BCUT2D eigenvalue weighted by Crippen LogP contribution is -1.91. The van der Waals surface area contributed by atoms with E-state index in [-0.39, 0.29) is 24.8 Å². The maximum absolute atomic E-state index is 5.20. The van der Waals surface area contributed by atoms with Gasteiger partial charge in [-0.1, -0.05) is 6.07 Å². The number of aryl methyl sites for hydroxylation is 1. The van der Waals surface area contributed by atoms with E-state index in [0.29, 0.717) is 0 Å². The van der Waals surface area contributed by atoms with Crippen LogP contribution >= 0.6 is 24.8 Å². The molecule has 2 aromatic carbocycles. The van der Waals surface area contributed by atoms with Crippen molar-refractivity contribution in [2.75, 3.05) is 7.11 Å². The summed E-state index contributed by atoms with van der Waals surface area (Å²) < 4.78 is 7.22. The number of methoxy groups -OCH3 is 1. The summed E-state index contributed by atoms with van der Waals surface area (Å²) in [5, 5.41) is 1.11. The number of hydrogen-bond donors (Lipinski definition) is 0. The fraction of sp³-hybridized carbons (Fsp3) is 0.100. The Hall–Kier alpha value is -2.56. The van der Waals surface area contributed by atoms with Gasteiger partial charge in [0.15, 0.2) is 0 Å². The quantitative estimate of drug-likeness (QED) is 0.481. The molecule has 2 heterocycles. The van der Waals surface area contributed by atoms with Gasteiger partial charge in [-0.3, -0.25) is 0 Å². The third-order valence-electron chi connectivity index (χ3n) is 4.07. The molecule has 0 fully saturated rings. The molecule has 6 heteroatoms. The summed E-state index contributed by atoms with van der Waals surface area (Å²) in [6.45, 7) is 1.99. The molecule has 0 N–H and O–H groups in total. The number of fused-ring (bicyclic) bond motifs is 1. The van der Waals surface area contributed by atoms with Crippen molar-refractivity contribution in [3.8, 4) is 22.7 Å². The molecule has 0 aliphatic rings. The van der Waals surface area contributed by atoms with E-state index in [9.17, 15) is 0 Å². The average Bonchev–Trinajstić information content (AvgIpc) is 3.07. The summed E-state index contributed by atoms with van der Waals surface area (Å²) in [6.07, 6.45) is 3.84. The van der Waals surface area contributed by atoms with Gasteiger partial charge in [-0.2, -0.15) is 0 Å². The molecule has 2 aromatic heterocycles. The highest BCUT2D eigenvalue weighted by Gasteiger charge is 2.04. The summed E-state index contributed by atoms with van der Waals surface area (Å²) in [4.78, 5) is 9.05. The molecule has 0 aliphatic heterocycles. The van der Waals surface area contributed by atoms with Gasteiger partial charge >= 0.3 is 0 Å². The van der Waals surface area contributed by atoms with Crippen LogP contribution in [0.4, 0.5) is 0 Å². The van der Waals surface area contributed by atoms with E-state index in [0.717, 1.165) is 39.3 Å². The second-order valence-electron chi connectivity index (χ2n) is 5.72. The van der Waals surface area contributed by atoms with Gasteiger partial charge in [0.1, 0.15) is 5.75 Å². The Morgan fingerprint density at radius 1 is 0.923 bits per heavy atom. The number of benzene rings is 2. The van der Waals surface area contributed by atoms with E-state index in [1.54, 1.807) is 7.11 Å². The lowest BCUT2D eigenvalue weighted by molar-refractivity contribution is 0.415. The first kappa shape index (κ1) is 19.8. The highest BCUT2D eigenvalue weighted by Crippen LogP contribution is 2.24. The summed E-state index contributed by atoms with van der Waals surface area (Å²) in [5.74, 6) is 0.847. The van der Waals surface area contributed by atoms with Crippen molar-refractivity contribution in [2.45, 2.75) is 6.92 Å². The van der Waals surface area contributed by atoms with Gasteiger partial charge < -0.3 is 9.30 Å². The first-order valence-corrected chi connectivity index (χ1v) is 7.79. The van der Waals surface area contributed by atoms with Crippen LogP contribution in [0, 0.1) is 6.92 Å². The monoisotopic (exact) mass is 387 g/mol. The van der Waals surface area contributed by atoms with E-state index >= 15 is 0 Å². The second-order valence-corrected chi connectivity index (χ2v) is 5.72. The fourth-order valence-corrected chi connectivity index (χ4v) is 2.76. The number of rotatable bonds is 3. The SMILES string of the molecule is COc1ccc(-c2ccc3cc(-n4cnc(C)c4)ccc3n2)cc1.Cl.Cl. The molecule has 0 amide bonds. The van der Waals surface area contributed by atoms with Crippen molar-refractivity contribution in [2.24, 2.45) is 0 Å². The minimum atomic E-state index is 0. The van der Waals surface area contributed by atoms with Crippen LogP contribution in [0.1, 0.15) is 5.69 Å². The normalized spacial score (nSPS) is 10.1. The standard InChI is InChI=1S/C20H17N3O.2ClH/c1-14-12-23(13-21-14)17-6-10-20-16(11-17)5-9-19(22-20)15-3-7-18(24-2)8-4-15;;/h3-13H,1-2H3;2*1H. The Labute approximate surface area is 164 Å². The number of halogens is 2. The molecule has 4 nitrogen and oxygen atoms in total. The van der Waals surface area contributed by atoms with Crippen LogP contribution in [0.5, 0.6) is 5.75 Å². The van der Waals surface area contributed by atoms with Crippen LogP contribution in [-0.4, -0.2) is 21.6 Å². The Balaban J connectivity index is 0.00000121. The summed E-state index contributed by atoms with van der Waals surface area (Å²) in [7, 11) is 1.67. The minimum Gasteiger partial charge on any atom is -0.497 e. The average molecular weight is 388 g/mol.